The van der Waals surface area contributed by atoms with Gasteiger partial charge in [-0.15, -0.1) is 0 Å². The molecule has 0 aliphatic heterocycles. The van der Waals surface area contributed by atoms with Gasteiger partial charge in [0, 0.05) is 20.2 Å². The predicted octanol–water partition coefficient (Wildman–Crippen LogP) is 1.72. The van der Waals surface area contributed by atoms with Gasteiger partial charge in [-0.1, -0.05) is 27.7 Å². The summed E-state index contributed by atoms with van der Waals surface area (Å²) in [4.78, 5) is 20.8. The van der Waals surface area contributed by atoms with Gasteiger partial charge in [0.25, 0.3) is 0 Å². The molecule has 6 nitrogen and oxygen atoms in total. The number of ether oxygens (including phenoxy) is 1. The molecule has 0 fully saturated rings. The SMILES string of the molecule is CC.CC.CNC(CCCCNC=O)C(C)=O.COCCN. The Labute approximate surface area is 137 Å². The third kappa shape index (κ3) is 31.4. The van der Waals surface area contributed by atoms with Crippen molar-refractivity contribution in [3.63, 3.8) is 0 Å². The third-order valence-electron chi connectivity index (χ3n) is 2.31. The highest BCUT2D eigenvalue weighted by molar-refractivity contribution is 5.81. The number of amides is 1. The largest absolute Gasteiger partial charge is 0.383 e. The molecule has 0 aromatic rings. The van der Waals surface area contributed by atoms with Gasteiger partial charge in [0.05, 0.1) is 12.6 Å². The number of likely N-dealkylation sites (N-methyl/N-ethyl adjacent to an activating group) is 1. The van der Waals surface area contributed by atoms with Crippen LogP contribution in [0.3, 0.4) is 0 Å². The van der Waals surface area contributed by atoms with Crippen LogP contribution in [0.4, 0.5) is 0 Å². The number of Topliss-reactive ketones (excluding diaryl/α,β-unsaturated/α-hetero) is 1. The second-order valence-corrected chi connectivity index (χ2v) is 3.80. The minimum absolute atomic E-state index is 0.0313. The van der Waals surface area contributed by atoms with Crippen LogP contribution in [0.25, 0.3) is 0 Å². The van der Waals surface area contributed by atoms with Crippen LogP contribution < -0.4 is 16.4 Å². The Morgan fingerprint density at radius 3 is 2.05 bits per heavy atom. The summed E-state index contributed by atoms with van der Waals surface area (Å²) >= 11 is 0. The van der Waals surface area contributed by atoms with Crippen molar-refractivity contribution >= 4 is 12.2 Å². The second-order valence-electron chi connectivity index (χ2n) is 3.80. The molecule has 0 saturated carbocycles. The predicted molar refractivity (Wildman–Crippen MR) is 95.1 cm³/mol. The lowest BCUT2D eigenvalue weighted by Crippen LogP contribution is -2.32. The fourth-order valence-electron chi connectivity index (χ4n) is 1.30. The lowest BCUT2D eigenvalue weighted by atomic mass is 10.1. The molecule has 6 heteroatoms. The van der Waals surface area contributed by atoms with Crippen molar-refractivity contribution in [3.05, 3.63) is 0 Å². The van der Waals surface area contributed by atoms with E-state index < -0.39 is 0 Å². The molecule has 0 bridgehead atoms. The Morgan fingerprint density at radius 2 is 1.77 bits per heavy atom. The van der Waals surface area contributed by atoms with E-state index in [9.17, 15) is 9.59 Å². The first-order chi connectivity index (χ1) is 10.6. The van der Waals surface area contributed by atoms with Gasteiger partial charge < -0.3 is 21.1 Å². The molecule has 0 spiro atoms. The molecule has 0 rings (SSSR count). The molecular formula is C16H39N3O3. The lowest BCUT2D eigenvalue weighted by molar-refractivity contribution is -0.119. The summed E-state index contributed by atoms with van der Waals surface area (Å²) in [5.41, 5.74) is 5.01. The van der Waals surface area contributed by atoms with Crippen molar-refractivity contribution in [2.24, 2.45) is 5.73 Å². The zero-order valence-corrected chi connectivity index (χ0v) is 15.7. The number of carbonyl (C=O) groups excluding carboxylic acids is 2. The van der Waals surface area contributed by atoms with E-state index >= 15 is 0 Å². The number of ketones is 1. The van der Waals surface area contributed by atoms with Gasteiger partial charge in [0.2, 0.25) is 6.41 Å². The van der Waals surface area contributed by atoms with Crippen molar-refractivity contribution in [3.8, 4) is 0 Å². The first kappa shape index (κ1) is 29.1. The van der Waals surface area contributed by atoms with Gasteiger partial charge in [-0.3, -0.25) is 9.59 Å². The lowest BCUT2D eigenvalue weighted by Gasteiger charge is -2.11. The number of carbonyl (C=O) groups is 2. The molecular weight excluding hydrogens is 282 g/mol. The zero-order chi connectivity index (χ0) is 18.2. The Morgan fingerprint density at radius 1 is 1.23 bits per heavy atom. The quantitative estimate of drug-likeness (QED) is 0.421. The van der Waals surface area contributed by atoms with E-state index in [4.69, 9.17) is 5.73 Å². The van der Waals surface area contributed by atoms with Crippen LogP contribution in [0, 0.1) is 0 Å². The maximum Gasteiger partial charge on any atom is 0.207 e. The number of hydrogen-bond acceptors (Lipinski definition) is 5. The summed E-state index contributed by atoms with van der Waals surface area (Å²) < 4.78 is 4.57. The average Bonchev–Trinajstić information content (AvgIpc) is 2.56. The maximum absolute atomic E-state index is 11.0. The van der Waals surface area contributed by atoms with Crippen LogP contribution in [-0.2, 0) is 14.3 Å². The first-order valence-corrected chi connectivity index (χ1v) is 8.17. The van der Waals surface area contributed by atoms with E-state index in [1.54, 1.807) is 21.1 Å². The average molecular weight is 322 g/mol. The molecule has 0 heterocycles. The van der Waals surface area contributed by atoms with Crippen LogP contribution in [-0.4, -0.2) is 52.1 Å². The molecule has 0 aliphatic carbocycles. The highest BCUT2D eigenvalue weighted by Crippen LogP contribution is 2.00. The number of unbranched alkanes of at least 4 members (excludes halogenated alkanes) is 1. The van der Waals surface area contributed by atoms with Crippen molar-refractivity contribution in [1.29, 1.82) is 0 Å². The normalized spacial score (nSPS) is 9.64. The molecule has 1 amide bonds. The van der Waals surface area contributed by atoms with E-state index in [1.165, 1.54) is 0 Å². The number of hydrogen-bond donors (Lipinski definition) is 3. The first-order valence-electron chi connectivity index (χ1n) is 8.17. The molecule has 136 valence electrons. The van der Waals surface area contributed by atoms with Crippen LogP contribution >= 0.6 is 0 Å². The fraction of sp³-hybridized carbons (Fsp3) is 0.875. The Hall–Kier alpha value is -0.980. The summed E-state index contributed by atoms with van der Waals surface area (Å²) in [5.74, 6) is 0.172. The molecule has 1 unspecified atom stereocenters. The van der Waals surface area contributed by atoms with Crippen molar-refractivity contribution in [2.75, 3.05) is 33.9 Å². The van der Waals surface area contributed by atoms with Crippen molar-refractivity contribution < 1.29 is 14.3 Å². The Bertz CT molecular complexity index is 201. The highest BCUT2D eigenvalue weighted by atomic mass is 16.5. The molecule has 0 aromatic carbocycles. The molecule has 0 saturated heterocycles. The van der Waals surface area contributed by atoms with Gasteiger partial charge in [-0.05, 0) is 33.2 Å². The van der Waals surface area contributed by atoms with Crippen molar-refractivity contribution in [2.45, 2.75) is 59.9 Å². The summed E-state index contributed by atoms with van der Waals surface area (Å²) in [6.07, 6.45) is 3.41. The molecule has 1 atom stereocenters. The topological polar surface area (TPSA) is 93.4 Å². The molecule has 0 aliphatic rings. The molecule has 0 radical (unpaired) electrons. The highest BCUT2D eigenvalue weighted by Gasteiger charge is 2.09. The Kier molecular flexibility index (Phi) is 42.4. The van der Waals surface area contributed by atoms with Gasteiger partial charge >= 0.3 is 0 Å². The summed E-state index contributed by atoms with van der Waals surface area (Å²) in [7, 11) is 3.42. The van der Waals surface area contributed by atoms with Gasteiger partial charge in [0.1, 0.15) is 5.78 Å². The maximum atomic E-state index is 11.0. The smallest absolute Gasteiger partial charge is 0.207 e. The van der Waals surface area contributed by atoms with Crippen LogP contribution in [0.5, 0.6) is 0 Å². The van der Waals surface area contributed by atoms with Gasteiger partial charge in [-0.25, -0.2) is 0 Å². The third-order valence-corrected chi connectivity index (χ3v) is 2.31. The van der Waals surface area contributed by atoms with Gasteiger partial charge in [-0.2, -0.15) is 0 Å². The number of nitrogens with two attached hydrogens (primary N) is 1. The monoisotopic (exact) mass is 321 g/mol. The zero-order valence-electron chi connectivity index (χ0n) is 15.7. The Balaban J connectivity index is -0.000000150. The van der Waals surface area contributed by atoms with Gasteiger partial charge in [0.15, 0.2) is 0 Å². The minimum Gasteiger partial charge on any atom is -0.383 e. The summed E-state index contributed by atoms with van der Waals surface area (Å²) in [6, 6.07) is -0.0313. The van der Waals surface area contributed by atoms with Crippen LogP contribution in [0.15, 0.2) is 0 Å². The van der Waals surface area contributed by atoms with E-state index in [-0.39, 0.29) is 11.8 Å². The number of methoxy groups -OCH3 is 1. The standard InChI is InChI=1S/C9H18N2O2.C3H9NO.2C2H6/c1-8(13)9(10-2)5-3-4-6-11-7-12;1-5-3-2-4;2*1-2/h7,9-10H,3-6H2,1-2H3,(H,11,12);2-4H2,1H3;2*1-2H3. The van der Waals surface area contributed by atoms with E-state index in [2.05, 4.69) is 15.4 Å². The van der Waals surface area contributed by atoms with Crippen LogP contribution in [0.2, 0.25) is 0 Å². The minimum atomic E-state index is -0.0313. The number of rotatable bonds is 10. The molecule has 22 heavy (non-hydrogen) atoms. The summed E-state index contributed by atoms with van der Waals surface area (Å²) in [5, 5.41) is 5.54. The number of nitrogens with one attached hydrogen (secondary N) is 2. The summed E-state index contributed by atoms with van der Waals surface area (Å²) in [6.45, 7) is 11.6. The van der Waals surface area contributed by atoms with Crippen LogP contribution in [0.1, 0.15) is 53.9 Å². The fourth-order valence-corrected chi connectivity index (χ4v) is 1.30. The van der Waals surface area contributed by atoms with E-state index in [1.807, 2.05) is 27.7 Å². The van der Waals surface area contributed by atoms with E-state index in [0.717, 1.165) is 19.3 Å². The second kappa shape index (κ2) is 32.1. The van der Waals surface area contributed by atoms with Crippen molar-refractivity contribution in [1.82, 2.24) is 10.6 Å². The molecule has 0 aromatic heterocycles. The molecule has 4 N–H and O–H groups in total. The van der Waals surface area contributed by atoms with E-state index in [0.29, 0.717) is 26.1 Å².